The lowest BCUT2D eigenvalue weighted by molar-refractivity contribution is 0.116. The Bertz CT molecular complexity index is 344. The van der Waals surface area contributed by atoms with Crippen molar-refractivity contribution < 1.29 is 13.2 Å². The van der Waals surface area contributed by atoms with Crippen molar-refractivity contribution in [1.82, 2.24) is 10.2 Å². The first kappa shape index (κ1) is 16.9. The van der Waals surface area contributed by atoms with Crippen molar-refractivity contribution in [3.8, 4) is 0 Å². The predicted octanol–water partition coefficient (Wildman–Crippen LogP) is 0.510. The minimum absolute atomic E-state index is 0.159. The Hall–Kier alpha value is -0.170. The summed E-state index contributed by atoms with van der Waals surface area (Å²) in [5.74, 6) is 0. The van der Waals surface area contributed by atoms with E-state index in [-0.39, 0.29) is 5.25 Å². The summed E-state index contributed by atoms with van der Waals surface area (Å²) in [5.41, 5.74) is 0. The zero-order valence-corrected chi connectivity index (χ0v) is 13.2. The highest BCUT2D eigenvalue weighted by molar-refractivity contribution is 7.91. The van der Waals surface area contributed by atoms with Gasteiger partial charge in [-0.15, -0.1) is 0 Å². The molecule has 5 nitrogen and oxygen atoms in total. The fraction of sp³-hybridized carbons (Fsp3) is 1.00. The summed E-state index contributed by atoms with van der Waals surface area (Å²) < 4.78 is 28.6. The van der Waals surface area contributed by atoms with E-state index in [2.05, 4.69) is 10.2 Å². The van der Waals surface area contributed by atoms with Gasteiger partial charge >= 0.3 is 0 Å². The first-order valence-electron chi connectivity index (χ1n) is 7.04. The summed E-state index contributed by atoms with van der Waals surface area (Å²) in [5, 5.41) is 3.25. The standard InChI is InChI=1S/C13H28N2O3S/c1-15(2)8-10-18-9-7-14-12-5-4-6-13(11-12)19(3,16)17/h12-14H,4-11H2,1-3H3. The third kappa shape index (κ3) is 7.25. The van der Waals surface area contributed by atoms with E-state index in [1.165, 1.54) is 6.26 Å². The van der Waals surface area contributed by atoms with Gasteiger partial charge in [-0.25, -0.2) is 8.42 Å². The van der Waals surface area contributed by atoms with Gasteiger partial charge in [-0.1, -0.05) is 6.42 Å². The molecule has 0 aromatic rings. The lowest BCUT2D eigenvalue weighted by atomic mass is 9.95. The van der Waals surface area contributed by atoms with Crippen molar-refractivity contribution >= 4 is 9.84 Å². The van der Waals surface area contributed by atoms with Crippen molar-refractivity contribution in [2.75, 3.05) is 46.7 Å². The molecule has 0 amide bonds. The number of ether oxygens (including phenoxy) is 1. The van der Waals surface area contributed by atoms with Gasteiger partial charge in [0.15, 0.2) is 0 Å². The first-order valence-corrected chi connectivity index (χ1v) is 9.00. The summed E-state index contributed by atoms with van der Waals surface area (Å²) in [4.78, 5) is 2.09. The molecule has 1 aliphatic rings. The Kier molecular flexibility index (Phi) is 7.28. The fourth-order valence-corrected chi connectivity index (χ4v) is 3.58. The van der Waals surface area contributed by atoms with Crippen LogP contribution in [0.15, 0.2) is 0 Å². The highest BCUT2D eigenvalue weighted by Gasteiger charge is 2.28. The second-order valence-corrected chi connectivity index (χ2v) is 8.01. The number of nitrogens with one attached hydrogen (secondary N) is 1. The number of hydrogen-bond acceptors (Lipinski definition) is 5. The van der Waals surface area contributed by atoms with Gasteiger partial charge in [0.05, 0.1) is 18.5 Å². The molecule has 2 unspecified atom stereocenters. The van der Waals surface area contributed by atoms with Crippen LogP contribution in [-0.2, 0) is 14.6 Å². The van der Waals surface area contributed by atoms with E-state index >= 15 is 0 Å². The normalized spacial score (nSPS) is 24.8. The SMILES string of the molecule is CN(C)CCOCCNC1CCCC(S(C)(=O)=O)C1. The molecule has 1 rings (SSSR count). The maximum Gasteiger partial charge on any atom is 0.150 e. The number of rotatable bonds is 8. The second-order valence-electron chi connectivity index (χ2n) is 5.68. The fourth-order valence-electron chi connectivity index (χ4n) is 2.40. The Morgan fingerprint density at radius 3 is 2.63 bits per heavy atom. The van der Waals surface area contributed by atoms with E-state index in [1.54, 1.807) is 0 Å². The van der Waals surface area contributed by atoms with Crippen molar-refractivity contribution in [2.24, 2.45) is 0 Å². The van der Waals surface area contributed by atoms with Crippen LogP contribution in [-0.4, -0.2) is 71.3 Å². The molecular weight excluding hydrogens is 264 g/mol. The van der Waals surface area contributed by atoms with Gasteiger partial charge in [0.1, 0.15) is 9.84 Å². The van der Waals surface area contributed by atoms with E-state index < -0.39 is 9.84 Å². The zero-order valence-electron chi connectivity index (χ0n) is 12.4. The monoisotopic (exact) mass is 292 g/mol. The molecule has 1 aliphatic carbocycles. The number of hydrogen-bond donors (Lipinski definition) is 1. The van der Waals surface area contributed by atoms with E-state index in [1.807, 2.05) is 14.1 Å². The zero-order chi connectivity index (χ0) is 14.3. The van der Waals surface area contributed by atoms with Gasteiger partial charge in [0, 0.05) is 25.4 Å². The molecule has 1 saturated carbocycles. The minimum atomic E-state index is -2.88. The van der Waals surface area contributed by atoms with Crippen LogP contribution in [0.1, 0.15) is 25.7 Å². The Morgan fingerprint density at radius 2 is 2.00 bits per heavy atom. The molecule has 0 saturated heterocycles. The van der Waals surface area contributed by atoms with Crippen LogP contribution in [0.3, 0.4) is 0 Å². The number of likely N-dealkylation sites (N-methyl/N-ethyl adjacent to an activating group) is 1. The van der Waals surface area contributed by atoms with E-state index in [0.717, 1.165) is 45.4 Å². The maximum absolute atomic E-state index is 11.6. The smallest absolute Gasteiger partial charge is 0.150 e. The minimum Gasteiger partial charge on any atom is -0.379 e. The molecular formula is C13H28N2O3S. The van der Waals surface area contributed by atoms with Gasteiger partial charge < -0.3 is 15.0 Å². The molecule has 0 heterocycles. The van der Waals surface area contributed by atoms with Gasteiger partial charge in [-0.2, -0.15) is 0 Å². The van der Waals surface area contributed by atoms with E-state index in [0.29, 0.717) is 12.6 Å². The first-order chi connectivity index (χ1) is 8.89. The topological polar surface area (TPSA) is 58.6 Å². The number of sulfone groups is 1. The third-order valence-corrected chi connectivity index (χ3v) is 5.23. The molecule has 0 aromatic heterocycles. The van der Waals surface area contributed by atoms with Crippen molar-refractivity contribution in [2.45, 2.75) is 37.0 Å². The average Bonchev–Trinajstić information content (AvgIpc) is 2.32. The molecule has 1 N–H and O–H groups in total. The summed E-state index contributed by atoms with van der Waals surface area (Å²) in [6, 6.07) is 0.325. The van der Waals surface area contributed by atoms with Crippen LogP contribution in [0.4, 0.5) is 0 Å². The highest BCUT2D eigenvalue weighted by atomic mass is 32.2. The van der Waals surface area contributed by atoms with Crippen LogP contribution >= 0.6 is 0 Å². The largest absolute Gasteiger partial charge is 0.379 e. The van der Waals surface area contributed by atoms with Crippen LogP contribution in [0, 0.1) is 0 Å². The molecule has 0 aromatic carbocycles. The van der Waals surface area contributed by atoms with Crippen molar-refractivity contribution in [3.63, 3.8) is 0 Å². The molecule has 19 heavy (non-hydrogen) atoms. The lowest BCUT2D eigenvalue weighted by Crippen LogP contribution is -2.40. The van der Waals surface area contributed by atoms with Gasteiger partial charge in [-0.3, -0.25) is 0 Å². The van der Waals surface area contributed by atoms with Crippen LogP contribution in [0.2, 0.25) is 0 Å². The van der Waals surface area contributed by atoms with Crippen molar-refractivity contribution in [3.05, 3.63) is 0 Å². The summed E-state index contributed by atoms with van der Waals surface area (Å²) in [6.45, 7) is 3.16. The molecule has 0 radical (unpaired) electrons. The molecule has 0 spiro atoms. The summed E-state index contributed by atoms with van der Waals surface area (Å²) in [6.07, 6.45) is 4.98. The average molecular weight is 292 g/mol. The summed E-state index contributed by atoms with van der Waals surface area (Å²) in [7, 11) is 1.16. The van der Waals surface area contributed by atoms with E-state index in [9.17, 15) is 8.42 Å². The van der Waals surface area contributed by atoms with Crippen LogP contribution < -0.4 is 5.32 Å². The van der Waals surface area contributed by atoms with Gasteiger partial charge in [0.25, 0.3) is 0 Å². The molecule has 0 bridgehead atoms. The van der Waals surface area contributed by atoms with E-state index in [4.69, 9.17) is 4.74 Å². The van der Waals surface area contributed by atoms with Gasteiger partial charge in [0.2, 0.25) is 0 Å². The summed E-state index contributed by atoms with van der Waals surface area (Å²) >= 11 is 0. The quantitative estimate of drug-likeness (QED) is 0.661. The second kappa shape index (κ2) is 8.19. The van der Waals surface area contributed by atoms with Gasteiger partial charge in [-0.05, 0) is 33.4 Å². The number of nitrogens with zero attached hydrogens (tertiary/aromatic N) is 1. The molecule has 114 valence electrons. The maximum atomic E-state index is 11.6. The highest BCUT2D eigenvalue weighted by Crippen LogP contribution is 2.23. The molecule has 1 fully saturated rings. The van der Waals surface area contributed by atoms with Crippen molar-refractivity contribution in [1.29, 1.82) is 0 Å². The Labute approximate surface area is 117 Å². The van der Waals surface area contributed by atoms with Crippen LogP contribution in [0.25, 0.3) is 0 Å². The predicted molar refractivity (Wildman–Crippen MR) is 78.3 cm³/mol. The lowest BCUT2D eigenvalue weighted by Gasteiger charge is -2.28. The van der Waals surface area contributed by atoms with Crippen LogP contribution in [0.5, 0.6) is 0 Å². The molecule has 6 heteroatoms. The Balaban J connectivity index is 2.13. The molecule has 2 atom stereocenters. The Morgan fingerprint density at radius 1 is 1.26 bits per heavy atom. The third-order valence-electron chi connectivity index (χ3n) is 3.59. The molecule has 0 aliphatic heterocycles.